The first-order valence-electron chi connectivity index (χ1n) is 23.7. The van der Waals surface area contributed by atoms with Crippen molar-refractivity contribution in [3.63, 3.8) is 0 Å². The molecule has 4 aliphatic heterocycles. The summed E-state index contributed by atoms with van der Waals surface area (Å²) in [6.45, 7) is 6.69. The van der Waals surface area contributed by atoms with E-state index in [1.165, 1.54) is 0 Å². The first-order valence-corrected chi connectivity index (χ1v) is 23.7. The zero-order valence-corrected chi connectivity index (χ0v) is 37.6. The highest BCUT2D eigenvalue weighted by Gasteiger charge is 2.68. The van der Waals surface area contributed by atoms with Gasteiger partial charge in [-0.25, -0.2) is 0 Å². The molecule has 0 spiro atoms. The molecule has 0 unspecified atom stereocenters. The molecular formula is C45H74O20. The van der Waals surface area contributed by atoms with Crippen molar-refractivity contribution in [2.45, 2.75) is 195 Å². The van der Waals surface area contributed by atoms with Gasteiger partial charge in [0.05, 0.1) is 44.7 Å². The van der Waals surface area contributed by atoms with E-state index in [1.54, 1.807) is 0 Å². The van der Waals surface area contributed by atoms with Gasteiger partial charge in [0.2, 0.25) is 0 Å². The number of allylic oxidation sites excluding steroid dienone is 1. The molecule has 0 amide bonds. The first kappa shape index (κ1) is 50.3. The summed E-state index contributed by atoms with van der Waals surface area (Å²) in [7, 11) is 0. The van der Waals surface area contributed by atoms with Gasteiger partial charge >= 0.3 is 0 Å². The summed E-state index contributed by atoms with van der Waals surface area (Å²) in [5, 5.41) is 137. The van der Waals surface area contributed by atoms with Crippen LogP contribution in [0.15, 0.2) is 11.6 Å². The number of hydrogen-bond acceptors (Lipinski definition) is 20. The summed E-state index contributed by atoms with van der Waals surface area (Å²) in [5.74, 6) is -0.725. The fraction of sp³-hybridized carbons (Fsp3) is 0.956. The second kappa shape index (κ2) is 19.3. The van der Waals surface area contributed by atoms with Crippen molar-refractivity contribution >= 4 is 0 Å². The van der Waals surface area contributed by atoms with E-state index >= 15 is 0 Å². The van der Waals surface area contributed by atoms with Gasteiger partial charge in [0.25, 0.3) is 0 Å². The first-order chi connectivity index (χ1) is 30.7. The monoisotopic (exact) mass is 934 g/mol. The standard InChI is InChI=1S/C45H74O20/c1-18(17-59-40-36(55)33(52)31(50)26(14-46)61-40)7-10-45(58)19(2)30-25(65-45)13-24-22-6-5-20-11-21(12-29(49)44(20,4)23(22)8-9-43(24,30)3)60-41-38(57)35(54)39(28(16-48)63-41)64-42-37(56)34(53)32(51)27(15-47)62-42/h5,18-19,21-42,46-58H,6-17H2,1-4H3/t18-,19+,21-,22-,23+,24+,25+,26-,27-,28-,29-,30+,31-,32-,33+,34+,35-,36-,37-,38-,39+,40-,41-,42+,43+,44+,45-/m1/s1. The SMILES string of the molecule is C[C@H](CC[C@@]1(O)O[C@H]2C[C@H]3[C@@H]4CC=C5C[C@@H](O[C@@H]6O[C@H](CO)[C@H](O[C@@H]7O[C@H](CO)[C@@H](O)[C@H](O)[C@H]7O)[C@H](O)[C@H]6O)C[C@@H](O)[C@]5(C)[C@H]4CC[C@]3(C)[C@H]2[C@@H]1C)CO[C@@H]1O[C@H](CO)[C@@H](O)[C@H](O)[C@H]1O. The highest BCUT2D eigenvalue weighted by Crippen LogP contribution is 2.70. The van der Waals surface area contributed by atoms with Crippen LogP contribution in [-0.4, -0.2) is 209 Å². The van der Waals surface area contributed by atoms with Crippen LogP contribution in [-0.2, 0) is 33.2 Å². The zero-order chi connectivity index (χ0) is 47.1. The van der Waals surface area contributed by atoms with E-state index < -0.39 is 135 Å². The van der Waals surface area contributed by atoms with Gasteiger partial charge in [-0.15, -0.1) is 0 Å². The summed E-state index contributed by atoms with van der Waals surface area (Å²) in [6, 6.07) is 0. The molecule has 0 aromatic heterocycles. The molecule has 7 fully saturated rings. The maximum absolute atomic E-state index is 12.1. The van der Waals surface area contributed by atoms with Crippen molar-refractivity contribution in [3.8, 4) is 0 Å². The maximum atomic E-state index is 12.1. The second-order valence-corrected chi connectivity index (χ2v) is 21.1. The zero-order valence-electron chi connectivity index (χ0n) is 37.6. The van der Waals surface area contributed by atoms with Crippen molar-refractivity contribution in [3.05, 3.63) is 11.6 Å². The van der Waals surface area contributed by atoms with E-state index in [1.807, 2.05) is 6.92 Å². The van der Waals surface area contributed by atoms with Crippen molar-refractivity contribution in [2.75, 3.05) is 26.4 Å². The van der Waals surface area contributed by atoms with Gasteiger partial charge in [0.1, 0.15) is 73.2 Å². The molecule has 3 saturated carbocycles. The van der Waals surface area contributed by atoms with E-state index in [9.17, 15) is 66.4 Å². The van der Waals surface area contributed by atoms with Gasteiger partial charge in [0.15, 0.2) is 24.7 Å². The van der Waals surface area contributed by atoms with Crippen LogP contribution in [0.4, 0.5) is 0 Å². The van der Waals surface area contributed by atoms with E-state index in [2.05, 4.69) is 26.8 Å². The lowest BCUT2D eigenvalue weighted by molar-refractivity contribution is -0.363. The van der Waals surface area contributed by atoms with Gasteiger partial charge < -0.3 is 99.5 Å². The predicted octanol–water partition coefficient (Wildman–Crippen LogP) is -2.89. The third kappa shape index (κ3) is 8.70. The van der Waals surface area contributed by atoms with E-state index in [-0.39, 0.29) is 54.1 Å². The average molecular weight is 935 g/mol. The number of hydrogen-bond donors (Lipinski definition) is 13. The Morgan fingerprint density at radius 1 is 0.723 bits per heavy atom. The van der Waals surface area contributed by atoms with Crippen LogP contribution in [0.2, 0.25) is 0 Å². The van der Waals surface area contributed by atoms with Gasteiger partial charge in [-0.05, 0) is 73.5 Å². The minimum atomic E-state index is -1.78. The van der Waals surface area contributed by atoms with E-state index in [0.717, 1.165) is 31.3 Å². The minimum Gasteiger partial charge on any atom is -0.394 e. The van der Waals surface area contributed by atoms with Crippen LogP contribution in [0.5, 0.6) is 0 Å². The molecule has 0 aromatic rings. The smallest absolute Gasteiger partial charge is 0.187 e. The summed E-state index contributed by atoms with van der Waals surface area (Å²) in [6.07, 6.45) is -16.8. The minimum absolute atomic E-state index is 0.0818. The summed E-state index contributed by atoms with van der Waals surface area (Å²) in [4.78, 5) is 0. The molecule has 4 saturated heterocycles. The Labute approximate surface area is 378 Å². The van der Waals surface area contributed by atoms with Crippen molar-refractivity contribution < 1.29 is 99.5 Å². The summed E-state index contributed by atoms with van der Waals surface area (Å²) < 4.78 is 41.2. The van der Waals surface area contributed by atoms with Crippen LogP contribution >= 0.6 is 0 Å². The highest BCUT2D eigenvalue weighted by molar-refractivity contribution is 5.28. The van der Waals surface area contributed by atoms with Crippen molar-refractivity contribution in [1.82, 2.24) is 0 Å². The molecule has 8 aliphatic rings. The molecule has 0 radical (unpaired) electrons. The Bertz CT molecular complexity index is 1650. The number of rotatable bonds is 13. The number of fused-ring (bicyclic) bond motifs is 7. The van der Waals surface area contributed by atoms with E-state index in [4.69, 9.17) is 33.2 Å². The number of ether oxygens (including phenoxy) is 7. The average Bonchev–Trinajstić information content (AvgIpc) is 3.72. The lowest BCUT2D eigenvalue weighted by Gasteiger charge is -2.60. The Morgan fingerprint density at radius 3 is 1.95 bits per heavy atom. The molecule has 27 atom stereocenters. The third-order valence-electron chi connectivity index (χ3n) is 17.5. The van der Waals surface area contributed by atoms with Gasteiger partial charge in [-0.3, -0.25) is 0 Å². The van der Waals surface area contributed by atoms with Gasteiger partial charge in [0, 0.05) is 24.2 Å². The molecule has 65 heavy (non-hydrogen) atoms. The van der Waals surface area contributed by atoms with Crippen LogP contribution in [0.3, 0.4) is 0 Å². The molecule has 4 heterocycles. The number of aliphatic hydroxyl groups is 13. The van der Waals surface area contributed by atoms with Crippen molar-refractivity contribution in [2.24, 2.45) is 46.3 Å². The fourth-order valence-electron chi connectivity index (χ4n) is 13.6. The fourth-order valence-corrected chi connectivity index (χ4v) is 13.6. The number of aliphatic hydroxyl groups excluding tert-OH is 12. The van der Waals surface area contributed by atoms with Crippen LogP contribution < -0.4 is 0 Å². The summed E-state index contributed by atoms with van der Waals surface area (Å²) in [5.41, 5.74) is 0.400. The van der Waals surface area contributed by atoms with Crippen LogP contribution in [0.1, 0.15) is 79.1 Å². The molecule has 0 aromatic carbocycles. The molecule has 8 rings (SSSR count). The Morgan fingerprint density at radius 2 is 1.31 bits per heavy atom. The lowest BCUT2D eigenvalue weighted by atomic mass is 9.46. The second-order valence-electron chi connectivity index (χ2n) is 21.1. The molecule has 13 N–H and O–H groups in total. The molecule has 0 bridgehead atoms. The largest absolute Gasteiger partial charge is 0.394 e. The Hall–Kier alpha value is -1.06. The molecule has 20 nitrogen and oxygen atoms in total. The Kier molecular flexibility index (Phi) is 14.9. The van der Waals surface area contributed by atoms with Crippen molar-refractivity contribution in [1.29, 1.82) is 0 Å². The van der Waals surface area contributed by atoms with Crippen LogP contribution in [0, 0.1) is 46.3 Å². The molecular weight excluding hydrogens is 860 g/mol. The van der Waals surface area contributed by atoms with Gasteiger partial charge in [-0.1, -0.05) is 39.3 Å². The van der Waals surface area contributed by atoms with E-state index in [0.29, 0.717) is 25.2 Å². The normalized spacial score (nSPS) is 54.8. The predicted molar refractivity (Wildman–Crippen MR) is 220 cm³/mol. The highest BCUT2D eigenvalue weighted by atomic mass is 16.7. The third-order valence-corrected chi connectivity index (χ3v) is 17.5. The molecule has 4 aliphatic carbocycles. The maximum Gasteiger partial charge on any atom is 0.187 e. The topological polar surface area (TPSA) is 328 Å². The quantitative estimate of drug-likeness (QED) is 0.0825. The van der Waals surface area contributed by atoms with Gasteiger partial charge in [-0.2, -0.15) is 0 Å². The molecule has 20 heteroatoms. The van der Waals surface area contributed by atoms with Crippen LogP contribution in [0.25, 0.3) is 0 Å². The summed E-state index contributed by atoms with van der Waals surface area (Å²) >= 11 is 0. The lowest BCUT2D eigenvalue weighted by Crippen LogP contribution is -2.65. The Balaban J connectivity index is 0.868. The molecule has 374 valence electrons.